The summed E-state index contributed by atoms with van der Waals surface area (Å²) in [5.41, 5.74) is 7.14. The largest absolute Gasteiger partial charge is 0.501 e. The summed E-state index contributed by atoms with van der Waals surface area (Å²) in [5.74, 6) is -0.680. The molecule has 0 atom stereocenters. The average Bonchev–Trinajstić information content (AvgIpc) is 0.851. The van der Waals surface area contributed by atoms with Crippen LogP contribution < -0.4 is 37.5 Å². The van der Waals surface area contributed by atoms with Crippen LogP contribution in [-0.4, -0.2) is 107 Å². The van der Waals surface area contributed by atoms with Crippen molar-refractivity contribution in [2.24, 2.45) is 5.73 Å². The summed E-state index contributed by atoms with van der Waals surface area (Å²) in [6.07, 6.45) is 11.1. The van der Waals surface area contributed by atoms with Gasteiger partial charge in [0.25, 0.3) is 28.8 Å². The van der Waals surface area contributed by atoms with E-state index < -0.39 is 112 Å². The molecule has 0 unspecified atom stereocenters. The van der Waals surface area contributed by atoms with Gasteiger partial charge in [-0.3, -0.25) is 33.1 Å². The number of aromatic nitrogens is 8. The van der Waals surface area contributed by atoms with E-state index in [4.69, 9.17) is 59.8 Å². The van der Waals surface area contributed by atoms with Crippen LogP contribution in [0.25, 0.3) is 45.8 Å². The Balaban J connectivity index is 0.000000231. The minimum atomic E-state index is -2.04. The van der Waals surface area contributed by atoms with Gasteiger partial charge >= 0.3 is 72.1 Å². The number of ether oxygens (including phenoxy) is 4. The smallest absolute Gasteiger partial charge is 0.339 e. The van der Waals surface area contributed by atoms with Crippen molar-refractivity contribution in [2.45, 2.75) is 127 Å². The van der Waals surface area contributed by atoms with Crippen molar-refractivity contribution in [1.82, 2.24) is 55.0 Å². The number of fused-ring (bicyclic) bond motifs is 2. The molecule has 7 aromatic carbocycles. The molecule has 0 bridgehead atoms. The van der Waals surface area contributed by atoms with Gasteiger partial charge in [-0.1, -0.05) is 61.9 Å². The zero-order valence-electron chi connectivity index (χ0n) is 75.2. The number of esters is 1. The summed E-state index contributed by atoms with van der Waals surface area (Å²) in [4.78, 5) is 120. The number of nitrogens with two attached hydrogens (primary N) is 1. The predicted octanol–water partition coefficient (Wildman–Crippen LogP) is 14.9. The minimum absolute atomic E-state index is 0. The second-order valence-corrected chi connectivity index (χ2v) is 33.1. The van der Waals surface area contributed by atoms with Crippen LogP contribution >= 0.6 is 12.4 Å². The summed E-state index contributed by atoms with van der Waals surface area (Å²) in [6, 6.07) is 38.0. The SMILES string of the molecule is C.C#CCNC(=O)c1cc(F)ccc1C#N.CC(=O)[O][Hg][O]C(C)=O.COC(=O)c1cc(F)ccc1C#N.Cc1cnc(-c2cc(F)ccc2C#N)o1.Cc1cnc(-c2cc(F)ccc2CN)o1.Cc1cnc(-c2cc(F)ccc2CNC(=O)c2nc3n(c(=O)c2O)CCOC3(C)C)o1.Cc1cnc(-c2cc(F)ccc2CNC(=O)c2nc3n(c(=O)c2OCc2ccccc2)CCOC3(C)C)o1.Cl. The van der Waals surface area contributed by atoms with Crippen molar-refractivity contribution in [3.05, 3.63) is 316 Å². The standard InChI is InChI=1S/C28H27FN4O5.C21H21FN4O5.C11H11FN2O.2C11H7FN2O.C9H6FNO2.2C2H4O2.CH4.ClH.Hg/c1-17-14-31-25(38-17)21-13-20(29)10-9-19(21)15-30-24(34)22-23(36-16-18-7-5-4-6-8-18)26(35)33-11-12-37-28(2,3)27(33)32-22;1-11-9-24-18(31-11)14-8-13(22)5-4-12(14)10-23-17(28)15-16(27)19(29)26-6-7-30-21(2,3)20(26)25-15;2*1-7-6-14-11(15-7)10-4-9(12)3-2-8(10)5-13;1-2-5-14-11(15)10-6-9(12)4-3-8(10)7-13;1-13-9(12)8-4-7(10)3-2-6(8)5-11;2*1-2(3)4;;;/h4-10,13-14H,11-12,15-16H2,1-3H3,(H,30,34);4-5,8-9,27H,6-7,10H2,1-3H3,(H,23,28);2-4,6H,5,13H2,1H3;2-4,6H,1H3;1,3-4,6H,5H2,(H,14,15);2-4H,1H3;2*1H3,(H,3,4);1H4;1H;/q;;;;;;;;;;+2/p-2. The van der Waals surface area contributed by atoms with Crippen molar-refractivity contribution in [3.8, 4) is 87.9 Å². The number of halogens is 7. The van der Waals surface area contributed by atoms with E-state index in [1.54, 1.807) is 85.9 Å². The van der Waals surface area contributed by atoms with E-state index in [-0.39, 0.29) is 128 Å². The van der Waals surface area contributed by atoms with Gasteiger partial charge in [-0.25, -0.2) is 61.0 Å². The molecule has 714 valence electrons. The molecule has 2 aliphatic rings. The molecule has 3 amide bonds. The van der Waals surface area contributed by atoms with E-state index in [9.17, 15) is 69.8 Å². The number of hydrogen-bond acceptors (Lipinski definition) is 29. The summed E-state index contributed by atoms with van der Waals surface area (Å²) in [6.45, 7) is 18.2. The Kier molecular flexibility index (Phi) is 40.5. The van der Waals surface area contributed by atoms with Crippen molar-refractivity contribution in [1.29, 1.82) is 15.8 Å². The van der Waals surface area contributed by atoms with Crippen LogP contribution in [-0.2, 0) is 105 Å². The number of oxazole rings is 4. The van der Waals surface area contributed by atoms with Crippen molar-refractivity contribution in [2.75, 3.05) is 26.9 Å². The van der Waals surface area contributed by atoms with Crippen molar-refractivity contribution in [3.63, 3.8) is 0 Å². The van der Waals surface area contributed by atoms with E-state index in [1.807, 2.05) is 36.4 Å². The number of nitriles is 3. The van der Waals surface area contributed by atoms with Crippen molar-refractivity contribution >= 4 is 48.0 Å². The zero-order chi connectivity index (χ0) is 99.3. The average molecular weight is 2110 g/mol. The molecule has 6 N–H and O–H groups in total. The molecule has 0 saturated carbocycles. The molecule has 34 nitrogen and oxygen atoms in total. The summed E-state index contributed by atoms with van der Waals surface area (Å²) in [7, 11) is 1.17. The Morgan fingerprint density at radius 3 is 1.31 bits per heavy atom. The number of amides is 3. The summed E-state index contributed by atoms with van der Waals surface area (Å²) < 4.78 is 134. The van der Waals surface area contributed by atoms with Crippen LogP contribution in [0.15, 0.2) is 192 Å². The van der Waals surface area contributed by atoms with E-state index in [2.05, 4.69) is 61.8 Å². The predicted molar refractivity (Wildman–Crippen MR) is 481 cm³/mol. The number of nitrogens with one attached hydrogen (secondary N) is 3. The van der Waals surface area contributed by atoms with Gasteiger partial charge in [0.15, 0.2) is 11.4 Å². The maximum absolute atomic E-state index is 14.0. The van der Waals surface area contributed by atoms with Gasteiger partial charge in [-0.05, 0) is 169 Å². The first-order valence-electron chi connectivity index (χ1n) is 40.7. The quantitative estimate of drug-likeness (QED) is 0.0217. The maximum atomic E-state index is 14.0. The van der Waals surface area contributed by atoms with Gasteiger partial charge in [0.2, 0.25) is 35.1 Å². The third-order valence-corrected chi connectivity index (χ3v) is 23.2. The first-order chi connectivity index (χ1) is 64.8. The van der Waals surface area contributed by atoms with Gasteiger partial charge in [0.1, 0.15) is 93.5 Å². The van der Waals surface area contributed by atoms with Crippen LogP contribution in [0.3, 0.4) is 0 Å². The van der Waals surface area contributed by atoms with Crippen LogP contribution in [0.2, 0.25) is 0 Å². The van der Waals surface area contributed by atoms with Crippen LogP contribution in [0.4, 0.5) is 26.3 Å². The molecule has 6 aromatic heterocycles. The molecule has 0 saturated heterocycles. The number of aromatic hydroxyl groups is 1. The molecular weight excluding hydrogens is 2020 g/mol. The molecule has 13 aromatic rings. The fourth-order valence-corrected chi connectivity index (χ4v) is 14.1. The molecular formula is C96H90ClF6HgN15O19. The molecule has 0 aliphatic carbocycles. The number of carbonyl (C=O) groups excluding carboxylic acids is 6. The zero-order valence-corrected chi connectivity index (χ0v) is 81.5. The number of benzene rings is 7. The summed E-state index contributed by atoms with van der Waals surface area (Å²) >= 11 is -2.04. The maximum Gasteiger partial charge on any atom is 0.339 e. The minimum Gasteiger partial charge on any atom is -0.501 e. The first kappa shape index (κ1) is 109. The number of methoxy groups -OCH3 is 1. The normalized spacial score (nSPS) is 11.7. The molecule has 138 heavy (non-hydrogen) atoms. The monoisotopic (exact) mass is 2110 g/mol. The Morgan fingerprint density at radius 1 is 0.522 bits per heavy atom. The Bertz CT molecular complexity index is 6860. The second kappa shape index (κ2) is 51.1. The summed E-state index contributed by atoms with van der Waals surface area (Å²) in [5, 5.41) is 44.1. The number of terminal acetylenes is 1. The molecule has 42 heteroatoms. The Hall–Kier alpha value is -15.7. The van der Waals surface area contributed by atoms with Crippen LogP contribution in [0.1, 0.15) is 164 Å². The van der Waals surface area contributed by atoms with Gasteiger partial charge in [0.05, 0.1) is 110 Å². The molecule has 15 rings (SSSR count). The number of carbonyl (C=O) groups is 6. The number of rotatable bonds is 19. The van der Waals surface area contributed by atoms with Crippen LogP contribution in [0, 0.1) is 109 Å². The Labute approximate surface area is 805 Å². The number of aryl methyl sites for hydroxylation is 4. The third-order valence-electron chi connectivity index (χ3n) is 19.1. The Morgan fingerprint density at radius 2 is 0.899 bits per heavy atom. The van der Waals surface area contributed by atoms with E-state index >= 15 is 0 Å². The fourth-order valence-electron chi connectivity index (χ4n) is 12.6. The first-order valence-corrected chi connectivity index (χ1v) is 45.2. The molecule has 0 fully saturated rings. The van der Waals surface area contributed by atoms with E-state index in [0.29, 0.717) is 100 Å². The second-order valence-electron chi connectivity index (χ2n) is 29.9. The molecule has 2 aliphatic heterocycles. The fraction of sp³-hybridized carbons (Fsp3) is 0.240. The van der Waals surface area contributed by atoms with Gasteiger partial charge in [0, 0.05) is 36.3 Å². The van der Waals surface area contributed by atoms with E-state index in [1.165, 1.54) is 121 Å². The van der Waals surface area contributed by atoms with E-state index in [0.717, 1.165) is 35.4 Å². The molecule has 8 heterocycles. The van der Waals surface area contributed by atoms with Crippen molar-refractivity contribution < 1.29 is 128 Å². The van der Waals surface area contributed by atoms with Crippen LogP contribution in [0.5, 0.6) is 11.5 Å². The third kappa shape index (κ3) is 29.9. The van der Waals surface area contributed by atoms with Gasteiger partial charge in [-0.2, -0.15) is 15.8 Å². The van der Waals surface area contributed by atoms with Gasteiger partial charge in [-0.15, -0.1) is 18.8 Å². The number of hydrogen-bond donors (Lipinski definition) is 5. The topological polar surface area (TPSA) is 485 Å². The molecule has 0 spiro atoms. The molecule has 0 radical (unpaired) electrons. The number of nitrogens with zero attached hydrogens (tertiary/aromatic N) is 11. The van der Waals surface area contributed by atoms with Gasteiger partial charge < -0.3 is 63.4 Å².